The Hall–Kier alpha value is -2.55. The van der Waals surface area contributed by atoms with Crippen LogP contribution in [0, 0.1) is 17.5 Å². The van der Waals surface area contributed by atoms with Crippen molar-refractivity contribution < 1.29 is 26.4 Å². The van der Waals surface area contributed by atoms with Gasteiger partial charge in [0.15, 0.2) is 17.5 Å². The summed E-state index contributed by atoms with van der Waals surface area (Å²) >= 11 is 0. The Kier molecular flexibility index (Phi) is 6.25. The molecular formula is C17H17F3N2O3S. The van der Waals surface area contributed by atoms with Crippen LogP contribution in [0.15, 0.2) is 41.3 Å². The highest BCUT2D eigenvalue weighted by atomic mass is 32.2. The summed E-state index contributed by atoms with van der Waals surface area (Å²) in [7, 11) is -4.24. The fourth-order valence-electron chi connectivity index (χ4n) is 2.07. The highest BCUT2D eigenvalue weighted by Crippen LogP contribution is 2.23. The maximum atomic E-state index is 13.6. The van der Waals surface area contributed by atoms with Gasteiger partial charge in [0.05, 0.1) is 10.6 Å². The third-order valence-corrected chi connectivity index (χ3v) is 4.90. The summed E-state index contributed by atoms with van der Waals surface area (Å²) in [5.41, 5.74) is -0.454. The third-order valence-electron chi connectivity index (χ3n) is 3.52. The van der Waals surface area contributed by atoms with Gasteiger partial charge in [0.25, 0.3) is 15.9 Å². The van der Waals surface area contributed by atoms with Gasteiger partial charge < -0.3 is 5.32 Å². The van der Waals surface area contributed by atoms with Crippen molar-refractivity contribution >= 4 is 21.6 Å². The standard InChI is InChI=1S/C17H17F3N2O3S/c1-2-3-10-21-17(23)11-4-6-12(7-5-11)26(24,25)22-14-9-8-13(18)15(19)16(14)20/h4-9,22H,2-3,10H2,1H3,(H,21,23). The molecule has 0 atom stereocenters. The summed E-state index contributed by atoms with van der Waals surface area (Å²) in [5.74, 6) is -5.18. The molecule has 0 bridgehead atoms. The van der Waals surface area contributed by atoms with E-state index < -0.39 is 33.2 Å². The number of carbonyl (C=O) groups excluding carboxylic acids is 1. The molecule has 0 radical (unpaired) electrons. The van der Waals surface area contributed by atoms with Crippen LogP contribution in [0.4, 0.5) is 18.9 Å². The number of amides is 1. The SMILES string of the molecule is CCCCNC(=O)c1ccc(S(=O)(=O)Nc2ccc(F)c(F)c2F)cc1. The highest BCUT2D eigenvalue weighted by molar-refractivity contribution is 7.92. The van der Waals surface area contributed by atoms with Crippen molar-refractivity contribution in [1.82, 2.24) is 5.32 Å². The van der Waals surface area contributed by atoms with E-state index in [9.17, 15) is 26.4 Å². The lowest BCUT2D eigenvalue weighted by molar-refractivity contribution is 0.0953. The van der Waals surface area contributed by atoms with Crippen LogP contribution in [0.1, 0.15) is 30.1 Å². The number of sulfonamides is 1. The average Bonchev–Trinajstić information content (AvgIpc) is 2.62. The summed E-state index contributed by atoms with van der Waals surface area (Å²) in [6.07, 6.45) is 1.74. The number of hydrogen-bond acceptors (Lipinski definition) is 3. The summed E-state index contributed by atoms with van der Waals surface area (Å²) in [6.45, 7) is 2.49. The molecule has 2 N–H and O–H groups in total. The van der Waals surface area contributed by atoms with Crippen LogP contribution < -0.4 is 10.0 Å². The van der Waals surface area contributed by atoms with Gasteiger partial charge >= 0.3 is 0 Å². The van der Waals surface area contributed by atoms with Crippen molar-refractivity contribution in [2.24, 2.45) is 0 Å². The molecule has 0 fully saturated rings. The molecule has 26 heavy (non-hydrogen) atoms. The van der Waals surface area contributed by atoms with Crippen LogP contribution in [-0.4, -0.2) is 20.9 Å². The molecule has 2 aromatic carbocycles. The first kappa shape index (κ1) is 19.8. The van der Waals surface area contributed by atoms with Gasteiger partial charge in [-0.25, -0.2) is 21.6 Å². The first-order valence-electron chi connectivity index (χ1n) is 7.81. The smallest absolute Gasteiger partial charge is 0.261 e. The van der Waals surface area contributed by atoms with Crippen molar-refractivity contribution in [3.8, 4) is 0 Å². The number of carbonyl (C=O) groups is 1. The molecule has 9 heteroatoms. The van der Waals surface area contributed by atoms with Gasteiger partial charge in [0, 0.05) is 12.1 Å². The van der Waals surface area contributed by atoms with Gasteiger partial charge in [-0.05, 0) is 42.8 Å². The Morgan fingerprint density at radius 2 is 1.65 bits per heavy atom. The topological polar surface area (TPSA) is 75.3 Å². The van der Waals surface area contributed by atoms with E-state index in [0.717, 1.165) is 31.0 Å². The van der Waals surface area contributed by atoms with Gasteiger partial charge in [-0.2, -0.15) is 0 Å². The summed E-state index contributed by atoms with van der Waals surface area (Å²) < 4.78 is 66.1. The second-order valence-electron chi connectivity index (χ2n) is 5.46. The largest absolute Gasteiger partial charge is 0.352 e. The van der Waals surface area contributed by atoms with Crippen molar-refractivity contribution in [3.05, 3.63) is 59.4 Å². The van der Waals surface area contributed by atoms with Gasteiger partial charge in [-0.15, -0.1) is 0 Å². The number of hydrogen-bond donors (Lipinski definition) is 2. The van der Waals surface area contributed by atoms with Crippen molar-refractivity contribution in [3.63, 3.8) is 0 Å². The number of halogens is 3. The highest BCUT2D eigenvalue weighted by Gasteiger charge is 2.20. The van der Waals surface area contributed by atoms with Crippen LogP contribution in [0.25, 0.3) is 0 Å². The number of unbranched alkanes of at least 4 members (excludes halogenated alkanes) is 1. The van der Waals surface area contributed by atoms with E-state index in [0.29, 0.717) is 12.6 Å². The molecule has 0 aliphatic carbocycles. The Morgan fingerprint density at radius 1 is 1.00 bits per heavy atom. The molecule has 0 saturated heterocycles. The summed E-state index contributed by atoms with van der Waals surface area (Å²) in [4.78, 5) is 11.6. The number of rotatable bonds is 7. The minimum Gasteiger partial charge on any atom is -0.352 e. The van der Waals surface area contributed by atoms with Crippen molar-refractivity contribution in [2.75, 3.05) is 11.3 Å². The zero-order valence-corrected chi connectivity index (χ0v) is 14.7. The maximum absolute atomic E-state index is 13.6. The predicted octanol–water partition coefficient (Wildman–Crippen LogP) is 3.43. The zero-order chi connectivity index (χ0) is 19.3. The molecule has 2 rings (SSSR count). The van der Waals surface area contributed by atoms with Gasteiger partial charge in [0.1, 0.15) is 0 Å². The van der Waals surface area contributed by atoms with E-state index in [1.807, 2.05) is 11.6 Å². The average molecular weight is 386 g/mol. The Balaban J connectivity index is 2.17. The summed E-state index contributed by atoms with van der Waals surface area (Å²) in [6, 6.07) is 6.32. The zero-order valence-electron chi connectivity index (χ0n) is 13.9. The molecule has 0 aromatic heterocycles. The van der Waals surface area contributed by atoms with Gasteiger partial charge in [0.2, 0.25) is 0 Å². The monoisotopic (exact) mass is 386 g/mol. The minimum absolute atomic E-state index is 0.258. The van der Waals surface area contributed by atoms with E-state index in [2.05, 4.69) is 5.32 Å². The van der Waals surface area contributed by atoms with E-state index in [1.165, 1.54) is 12.1 Å². The number of nitrogens with one attached hydrogen (secondary N) is 2. The minimum atomic E-state index is -4.24. The first-order valence-corrected chi connectivity index (χ1v) is 9.29. The lowest BCUT2D eigenvalue weighted by atomic mass is 10.2. The van der Waals surface area contributed by atoms with E-state index in [-0.39, 0.29) is 16.4 Å². The molecule has 140 valence electrons. The molecular weight excluding hydrogens is 369 g/mol. The Labute approximate surface area is 149 Å². The molecule has 1 amide bonds. The molecule has 5 nitrogen and oxygen atoms in total. The predicted molar refractivity (Wildman–Crippen MR) is 90.8 cm³/mol. The number of benzene rings is 2. The van der Waals surface area contributed by atoms with Gasteiger partial charge in [-0.3, -0.25) is 9.52 Å². The Morgan fingerprint density at radius 3 is 2.27 bits per heavy atom. The van der Waals surface area contributed by atoms with E-state index in [4.69, 9.17) is 0 Å². The van der Waals surface area contributed by atoms with E-state index in [1.54, 1.807) is 0 Å². The fraction of sp³-hybridized carbons (Fsp3) is 0.235. The van der Waals surface area contributed by atoms with Crippen LogP contribution in [0.5, 0.6) is 0 Å². The fourth-order valence-corrected chi connectivity index (χ4v) is 3.13. The quantitative estimate of drug-likeness (QED) is 0.565. The maximum Gasteiger partial charge on any atom is 0.261 e. The molecule has 2 aromatic rings. The van der Waals surface area contributed by atoms with Crippen LogP contribution in [-0.2, 0) is 10.0 Å². The first-order chi connectivity index (χ1) is 12.3. The van der Waals surface area contributed by atoms with Gasteiger partial charge in [-0.1, -0.05) is 13.3 Å². The molecule has 0 aliphatic heterocycles. The molecule has 0 unspecified atom stereocenters. The molecule has 0 saturated carbocycles. The third kappa shape index (κ3) is 4.54. The molecule has 0 aliphatic rings. The van der Waals surface area contributed by atoms with Crippen molar-refractivity contribution in [1.29, 1.82) is 0 Å². The van der Waals surface area contributed by atoms with E-state index >= 15 is 0 Å². The second-order valence-corrected chi connectivity index (χ2v) is 7.14. The van der Waals surface area contributed by atoms with Crippen LogP contribution in [0.2, 0.25) is 0 Å². The van der Waals surface area contributed by atoms with Crippen LogP contribution >= 0.6 is 0 Å². The lowest BCUT2D eigenvalue weighted by Crippen LogP contribution is -2.24. The lowest BCUT2D eigenvalue weighted by Gasteiger charge is -2.10. The summed E-state index contributed by atoms with van der Waals surface area (Å²) in [5, 5.41) is 2.69. The molecule has 0 heterocycles. The molecule has 0 spiro atoms. The second kappa shape index (κ2) is 8.22. The van der Waals surface area contributed by atoms with Crippen LogP contribution in [0.3, 0.4) is 0 Å². The Bertz CT molecular complexity index is 900. The normalized spacial score (nSPS) is 11.2. The number of anilines is 1. The van der Waals surface area contributed by atoms with Crippen molar-refractivity contribution in [2.45, 2.75) is 24.7 Å².